The number of aromatic nitrogens is 3. The number of guanidine groups is 1. The van der Waals surface area contributed by atoms with Crippen molar-refractivity contribution in [2.45, 2.75) is 44.9 Å². The number of ether oxygens (including phenoxy) is 1. The lowest BCUT2D eigenvalue weighted by Crippen LogP contribution is -2.49. The Morgan fingerprint density at radius 1 is 1.38 bits per heavy atom. The first-order valence-corrected chi connectivity index (χ1v) is 8.86. The number of aliphatic imine (C=N–C) groups is 1. The number of rotatable bonds is 5. The number of likely N-dealkylation sites (tertiary alicyclic amines) is 1. The predicted molar refractivity (Wildman–Crippen MR) is 109 cm³/mol. The summed E-state index contributed by atoms with van der Waals surface area (Å²) in [6.07, 6.45) is 4.02. The molecule has 146 valence electrons. The molecule has 0 radical (unpaired) electrons. The second-order valence-corrected chi connectivity index (χ2v) is 6.45. The summed E-state index contributed by atoms with van der Waals surface area (Å²) in [6.45, 7) is 3.17. The molecule has 10 heteroatoms. The Morgan fingerprint density at radius 2 is 2.15 bits per heavy atom. The molecule has 3 heterocycles. The van der Waals surface area contributed by atoms with E-state index < -0.39 is 0 Å². The maximum absolute atomic E-state index is 12.1. The summed E-state index contributed by atoms with van der Waals surface area (Å²) in [5.74, 6) is 2.50. The third-order valence-corrected chi connectivity index (χ3v) is 4.61. The van der Waals surface area contributed by atoms with Crippen molar-refractivity contribution in [3.05, 3.63) is 11.6 Å². The van der Waals surface area contributed by atoms with Gasteiger partial charge in [0.1, 0.15) is 12.4 Å². The highest BCUT2D eigenvalue weighted by Crippen LogP contribution is 2.13. The summed E-state index contributed by atoms with van der Waals surface area (Å²) in [5, 5.41) is 11.0. The van der Waals surface area contributed by atoms with E-state index in [1.54, 1.807) is 14.2 Å². The van der Waals surface area contributed by atoms with Crippen LogP contribution < -0.4 is 10.6 Å². The molecule has 0 aromatic carbocycles. The van der Waals surface area contributed by atoms with Gasteiger partial charge >= 0.3 is 0 Å². The Labute approximate surface area is 171 Å². The maximum Gasteiger partial charge on any atom is 0.241 e. The van der Waals surface area contributed by atoms with Crippen LogP contribution in [-0.2, 0) is 29.1 Å². The van der Waals surface area contributed by atoms with E-state index in [1.165, 1.54) is 0 Å². The molecule has 0 bridgehead atoms. The summed E-state index contributed by atoms with van der Waals surface area (Å²) in [4.78, 5) is 22.7. The highest BCUT2D eigenvalue weighted by molar-refractivity contribution is 14.0. The number of halogens is 1. The molecule has 1 aromatic heterocycles. The first kappa shape index (κ1) is 20.9. The Bertz CT molecular complexity index is 628. The van der Waals surface area contributed by atoms with Gasteiger partial charge in [0, 0.05) is 39.7 Å². The quantitative estimate of drug-likeness (QED) is 0.356. The molecular weight excluding hydrogens is 449 g/mol. The van der Waals surface area contributed by atoms with Crippen LogP contribution in [-0.4, -0.2) is 71.4 Å². The standard InChI is InChI=1S/C16H27N7O2.HI/c1-17-16(18-9-15(24)22-7-3-4-8-22)19-12-5-6-14-20-13(11-25-2)21-23(14)10-12;/h12H,3-11H2,1-2H3,(H2,17,18,19);1H. The van der Waals surface area contributed by atoms with Crippen LogP contribution in [0.1, 0.15) is 30.9 Å². The number of fused-ring (bicyclic) bond motifs is 1. The molecule has 2 aliphatic rings. The lowest BCUT2D eigenvalue weighted by molar-refractivity contribution is -0.128. The maximum atomic E-state index is 12.1. The minimum atomic E-state index is 0. The first-order valence-electron chi connectivity index (χ1n) is 8.86. The Balaban J connectivity index is 0.00000243. The second-order valence-electron chi connectivity index (χ2n) is 6.45. The van der Waals surface area contributed by atoms with E-state index in [2.05, 4.69) is 25.7 Å². The Kier molecular flexibility index (Phi) is 8.07. The number of carbonyl (C=O) groups is 1. The number of carbonyl (C=O) groups excluding carboxylic acids is 1. The number of hydrogen-bond donors (Lipinski definition) is 2. The van der Waals surface area contributed by atoms with Gasteiger partial charge in [0.2, 0.25) is 5.91 Å². The molecule has 1 saturated heterocycles. The Hall–Kier alpha value is -1.43. The summed E-state index contributed by atoms with van der Waals surface area (Å²) in [5.41, 5.74) is 0. The van der Waals surface area contributed by atoms with Crippen LogP contribution in [0, 0.1) is 0 Å². The Morgan fingerprint density at radius 3 is 2.85 bits per heavy atom. The summed E-state index contributed by atoms with van der Waals surface area (Å²) in [6, 6.07) is 0.206. The van der Waals surface area contributed by atoms with E-state index in [0.717, 1.165) is 57.0 Å². The number of hydrogen-bond acceptors (Lipinski definition) is 5. The van der Waals surface area contributed by atoms with E-state index in [4.69, 9.17) is 4.74 Å². The van der Waals surface area contributed by atoms with Gasteiger partial charge in [0.05, 0.1) is 13.1 Å². The molecule has 1 fully saturated rings. The molecule has 0 spiro atoms. The zero-order valence-electron chi connectivity index (χ0n) is 15.4. The van der Waals surface area contributed by atoms with Crippen molar-refractivity contribution in [2.75, 3.05) is 33.8 Å². The molecule has 9 nitrogen and oxygen atoms in total. The van der Waals surface area contributed by atoms with E-state index in [9.17, 15) is 4.79 Å². The van der Waals surface area contributed by atoms with Crippen molar-refractivity contribution >= 4 is 35.8 Å². The second kappa shape index (κ2) is 10.0. The third kappa shape index (κ3) is 5.29. The van der Waals surface area contributed by atoms with E-state index >= 15 is 0 Å². The van der Waals surface area contributed by atoms with Crippen LogP contribution in [0.5, 0.6) is 0 Å². The predicted octanol–water partition coefficient (Wildman–Crippen LogP) is 0.145. The monoisotopic (exact) mass is 477 g/mol. The molecule has 1 aromatic rings. The van der Waals surface area contributed by atoms with Crippen LogP contribution in [0.15, 0.2) is 4.99 Å². The summed E-state index contributed by atoms with van der Waals surface area (Å²) in [7, 11) is 3.36. The minimum absolute atomic E-state index is 0. The molecule has 3 rings (SSSR count). The fourth-order valence-electron chi connectivity index (χ4n) is 3.29. The first-order chi connectivity index (χ1) is 12.2. The largest absolute Gasteiger partial charge is 0.377 e. The molecular formula is C16H28IN7O2. The summed E-state index contributed by atoms with van der Waals surface area (Å²) >= 11 is 0. The van der Waals surface area contributed by atoms with Crippen LogP contribution in [0.2, 0.25) is 0 Å². The topological polar surface area (TPSA) is 96.7 Å². The highest BCUT2D eigenvalue weighted by Gasteiger charge is 2.23. The van der Waals surface area contributed by atoms with Crippen molar-refractivity contribution in [3.63, 3.8) is 0 Å². The SMILES string of the molecule is CN=C(NCC(=O)N1CCCC1)NC1CCc2nc(COC)nn2C1.I. The van der Waals surface area contributed by atoms with Crippen LogP contribution in [0.25, 0.3) is 0 Å². The molecule has 0 saturated carbocycles. The van der Waals surface area contributed by atoms with Gasteiger partial charge in [0.25, 0.3) is 0 Å². The fourth-order valence-corrected chi connectivity index (χ4v) is 3.29. The average Bonchev–Trinajstić information content (AvgIpc) is 3.27. The highest BCUT2D eigenvalue weighted by atomic mass is 127. The van der Waals surface area contributed by atoms with E-state index in [0.29, 0.717) is 12.6 Å². The molecule has 0 aliphatic carbocycles. The number of nitrogens with one attached hydrogen (secondary N) is 2. The van der Waals surface area contributed by atoms with Crippen molar-refractivity contribution in [2.24, 2.45) is 4.99 Å². The van der Waals surface area contributed by atoms with Crippen LogP contribution in [0.3, 0.4) is 0 Å². The number of methoxy groups -OCH3 is 1. The zero-order chi connectivity index (χ0) is 17.6. The van der Waals surface area contributed by atoms with Gasteiger partial charge in [-0.3, -0.25) is 9.79 Å². The molecule has 1 amide bonds. The number of amides is 1. The van der Waals surface area contributed by atoms with Gasteiger partial charge in [-0.15, -0.1) is 24.0 Å². The van der Waals surface area contributed by atoms with E-state index in [-0.39, 0.29) is 42.5 Å². The molecule has 2 aliphatic heterocycles. The van der Waals surface area contributed by atoms with Gasteiger partial charge in [-0.1, -0.05) is 0 Å². The fraction of sp³-hybridized carbons (Fsp3) is 0.750. The molecule has 1 unspecified atom stereocenters. The average molecular weight is 477 g/mol. The lowest BCUT2D eigenvalue weighted by Gasteiger charge is -2.25. The van der Waals surface area contributed by atoms with Crippen molar-refractivity contribution in [3.8, 4) is 0 Å². The van der Waals surface area contributed by atoms with Gasteiger partial charge < -0.3 is 20.3 Å². The molecule has 26 heavy (non-hydrogen) atoms. The van der Waals surface area contributed by atoms with E-state index in [1.807, 2.05) is 9.58 Å². The minimum Gasteiger partial charge on any atom is -0.377 e. The lowest BCUT2D eigenvalue weighted by atomic mass is 10.1. The molecule has 2 N–H and O–H groups in total. The van der Waals surface area contributed by atoms with Gasteiger partial charge in [-0.2, -0.15) is 5.10 Å². The third-order valence-electron chi connectivity index (χ3n) is 4.61. The normalized spacial score (nSPS) is 19.7. The number of aryl methyl sites for hydroxylation is 1. The smallest absolute Gasteiger partial charge is 0.241 e. The van der Waals surface area contributed by atoms with Gasteiger partial charge in [0.15, 0.2) is 11.8 Å². The van der Waals surface area contributed by atoms with Crippen LogP contribution in [0.4, 0.5) is 0 Å². The van der Waals surface area contributed by atoms with Crippen molar-refractivity contribution < 1.29 is 9.53 Å². The van der Waals surface area contributed by atoms with Crippen molar-refractivity contribution in [1.29, 1.82) is 0 Å². The van der Waals surface area contributed by atoms with Crippen molar-refractivity contribution in [1.82, 2.24) is 30.3 Å². The van der Waals surface area contributed by atoms with Gasteiger partial charge in [-0.25, -0.2) is 9.67 Å². The molecule has 1 atom stereocenters. The van der Waals surface area contributed by atoms with Gasteiger partial charge in [-0.05, 0) is 19.3 Å². The zero-order valence-corrected chi connectivity index (χ0v) is 17.7. The van der Waals surface area contributed by atoms with Crippen LogP contribution >= 0.6 is 24.0 Å². The number of nitrogens with zero attached hydrogens (tertiary/aromatic N) is 5. The summed E-state index contributed by atoms with van der Waals surface area (Å²) < 4.78 is 7.02.